The summed E-state index contributed by atoms with van der Waals surface area (Å²) in [5.74, 6) is -0.391. The second kappa shape index (κ2) is 4.68. The molecule has 0 radical (unpaired) electrons. The van der Waals surface area contributed by atoms with Crippen LogP contribution in [0.3, 0.4) is 0 Å². The zero-order chi connectivity index (χ0) is 13.3. The van der Waals surface area contributed by atoms with E-state index < -0.39 is 0 Å². The van der Waals surface area contributed by atoms with E-state index >= 15 is 0 Å². The van der Waals surface area contributed by atoms with Crippen molar-refractivity contribution in [1.29, 1.82) is 0 Å². The van der Waals surface area contributed by atoms with Crippen molar-refractivity contribution in [3.05, 3.63) is 24.3 Å². The van der Waals surface area contributed by atoms with Gasteiger partial charge in [-0.25, -0.2) is 4.79 Å². The molecule has 0 unspecified atom stereocenters. The number of hydrogen-bond donors (Lipinski definition) is 1. The smallest absolute Gasteiger partial charge is 0.328 e. The van der Waals surface area contributed by atoms with Gasteiger partial charge in [-0.1, -0.05) is 6.92 Å². The molecule has 1 N–H and O–H groups in total. The number of hydrogen-bond acceptors (Lipinski definition) is 3. The number of rotatable bonds is 2. The summed E-state index contributed by atoms with van der Waals surface area (Å²) in [6.07, 6.45) is 0. The molecule has 1 atom stereocenters. The van der Waals surface area contributed by atoms with Crippen molar-refractivity contribution >= 4 is 23.3 Å². The van der Waals surface area contributed by atoms with Crippen LogP contribution in [0.5, 0.6) is 0 Å². The van der Waals surface area contributed by atoms with Crippen LogP contribution in [0.4, 0.5) is 16.2 Å². The molecule has 5 nitrogen and oxygen atoms in total. The average Bonchev–Trinajstić information content (AvgIpc) is 2.34. The SMILES string of the molecule is C[C@@H]1CN(c2ccc(N(C)C)cc2)C(=O)NC1=O. The molecule has 1 aromatic rings. The van der Waals surface area contributed by atoms with Crippen LogP contribution in [0.25, 0.3) is 0 Å². The lowest BCUT2D eigenvalue weighted by Crippen LogP contribution is -2.53. The molecule has 1 heterocycles. The maximum Gasteiger partial charge on any atom is 0.328 e. The van der Waals surface area contributed by atoms with Gasteiger partial charge in [-0.15, -0.1) is 0 Å². The van der Waals surface area contributed by atoms with Crippen LogP contribution in [-0.4, -0.2) is 32.6 Å². The first-order valence-electron chi connectivity index (χ1n) is 5.89. The summed E-state index contributed by atoms with van der Waals surface area (Å²) < 4.78 is 0. The first-order valence-corrected chi connectivity index (χ1v) is 5.89. The van der Waals surface area contributed by atoms with Crippen LogP contribution in [0.1, 0.15) is 6.92 Å². The van der Waals surface area contributed by atoms with Gasteiger partial charge in [-0.05, 0) is 24.3 Å². The molecule has 1 saturated heterocycles. The highest BCUT2D eigenvalue weighted by Crippen LogP contribution is 2.22. The largest absolute Gasteiger partial charge is 0.378 e. The predicted molar refractivity (Wildman–Crippen MR) is 70.8 cm³/mol. The van der Waals surface area contributed by atoms with E-state index in [0.717, 1.165) is 11.4 Å². The Kier molecular flexibility index (Phi) is 3.23. The van der Waals surface area contributed by atoms with Gasteiger partial charge in [-0.2, -0.15) is 0 Å². The van der Waals surface area contributed by atoms with Crippen LogP contribution in [0, 0.1) is 5.92 Å². The summed E-state index contributed by atoms with van der Waals surface area (Å²) in [6.45, 7) is 2.23. The fraction of sp³-hybridized carbons (Fsp3) is 0.385. The summed E-state index contributed by atoms with van der Waals surface area (Å²) in [4.78, 5) is 26.7. The average molecular weight is 247 g/mol. The molecule has 1 aliphatic rings. The van der Waals surface area contributed by atoms with Crippen molar-refractivity contribution in [2.24, 2.45) is 5.92 Å². The van der Waals surface area contributed by atoms with Crippen LogP contribution in [0.15, 0.2) is 24.3 Å². The predicted octanol–water partition coefficient (Wildman–Crippen LogP) is 1.44. The van der Waals surface area contributed by atoms with E-state index in [-0.39, 0.29) is 17.9 Å². The summed E-state index contributed by atoms with van der Waals surface area (Å²) in [5.41, 5.74) is 1.87. The molecule has 0 spiro atoms. The van der Waals surface area contributed by atoms with Crippen LogP contribution >= 0.6 is 0 Å². The number of nitrogens with zero attached hydrogens (tertiary/aromatic N) is 2. The minimum atomic E-state index is -0.351. The van der Waals surface area contributed by atoms with Crippen LogP contribution in [0.2, 0.25) is 0 Å². The molecule has 5 heteroatoms. The third kappa shape index (κ3) is 2.30. The van der Waals surface area contributed by atoms with Crippen LogP contribution in [-0.2, 0) is 4.79 Å². The Morgan fingerprint density at radius 1 is 1.22 bits per heavy atom. The van der Waals surface area contributed by atoms with Crippen molar-refractivity contribution in [2.75, 3.05) is 30.4 Å². The summed E-state index contributed by atoms with van der Waals surface area (Å²) in [7, 11) is 3.92. The first kappa shape index (κ1) is 12.4. The van der Waals surface area contributed by atoms with Crippen molar-refractivity contribution in [3.8, 4) is 0 Å². The van der Waals surface area contributed by atoms with E-state index in [1.54, 1.807) is 4.90 Å². The molecule has 96 valence electrons. The monoisotopic (exact) mass is 247 g/mol. The fourth-order valence-corrected chi connectivity index (χ4v) is 1.89. The Morgan fingerprint density at radius 2 is 1.83 bits per heavy atom. The molecule has 1 aliphatic heterocycles. The normalized spacial score (nSPS) is 19.7. The van der Waals surface area contributed by atoms with Gasteiger partial charge in [0.1, 0.15) is 0 Å². The van der Waals surface area contributed by atoms with Gasteiger partial charge in [0.2, 0.25) is 5.91 Å². The lowest BCUT2D eigenvalue weighted by atomic mass is 10.1. The van der Waals surface area contributed by atoms with Gasteiger partial charge in [0, 0.05) is 32.0 Å². The lowest BCUT2D eigenvalue weighted by molar-refractivity contribution is -0.123. The molecule has 2 rings (SSSR count). The Balaban J connectivity index is 2.20. The first-order chi connectivity index (χ1) is 8.49. The van der Waals surface area contributed by atoms with E-state index in [0.29, 0.717) is 6.54 Å². The molecule has 0 aliphatic carbocycles. The number of imide groups is 1. The number of benzene rings is 1. The van der Waals surface area contributed by atoms with E-state index in [1.807, 2.05) is 50.2 Å². The van der Waals surface area contributed by atoms with Crippen molar-refractivity contribution < 1.29 is 9.59 Å². The van der Waals surface area contributed by atoms with E-state index in [2.05, 4.69) is 5.32 Å². The Hall–Kier alpha value is -2.04. The van der Waals surface area contributed by atoms with Crippen molar-refractivity contribution in [3.63, 3.8) is 0 Å². The highest BCUT2D eigenvalue weighted by molar-refractivity contribution is 6.06. The topological polar surface area (TPSA) is 52.6 Å². The van der Waals surface area contributed by atoms with E-state index in [1.165, 1.54) is 0 Å². The molecule has 3 amide bonds. The molecule has 18 heavy (non-hydrogen) atoms. The number of amides is 3. The van der Waals surface area contributed by atoms with E-state index in [9.17, 15) is 9.59 Å². The standard InChI is InChI=1S/C13H17N3O2/c1-9-8-16(13(18)14-12(9)17)11-6-4-10(5-7-11)15(2)3/h4-7,9H,8H2,1-3H3,(H,14,17,18)/t9-/m1/s1. The second-order valence-electron chi connectivity index (χ2n) is 4.72. The number of carbonyl (C=O) groups excluding carboxylic acids is 2. The summed E-state index contributed by atoms with van der Waals surface area (Å²) in [5, 5.41) is 2.35. The molecule has 1 aromatic carbocycles. The molecule has 1 fully saturated rings. The molecule has 0 saturated carbocycles. The number of anilines is 2. The Morgan fingerprint density at radius 3 is 2.39 bits per heavy atom. The van der Waals surface area contributed by atoms with Gasteiger partial charge in [0.05, 0.1) is 5.92 Å². The number of carbonyl (C=O) groups is 2. The molecular formula is C13H17N3O2. The van der Waals surface area contributed by atoms with Gasteiger partial charge < -0.3 is 4.90 Å². The highest BCUT2D eigenvalue weighted by atomic mass is 16.2. The van der Waals surface area contributed by atoms with Gasteiger partial charge in [-0.3, -0.25) is 15.0 Å². The van der Waals surface area contributed by atoms with Crippen molar-refractivity contribution in [2.45, 2.75) is 6.92 Å². The molecule has 0 aromatic heterocycles. The fourth-order valence-electron chi connectivity index (χ4n) is 1.89. The summed E-state index contributed by atoms with van der Waals surface area (Å²) >= 11 is 0. The van der Waals surface area contributed by atoms with E-state index in [4.69, 9.17) is 0 Å². The van der Waals surface area contributed by atoms with Gasteiger partial charge >= 0.3 is 6.03 Å². The van der Waals surface area contributed by atoms with Crippen LogP contribution < -0.4 is 15.1 Å². The maximum atomic E-state index is 11.8. The minimum Gasteiger partial charge on any atom is -0.378 e. The minimum absolute atomic E-state index is 0.184. The second-order valence-corrected chi connectivity index (χ2v) is 4.72. The third-order valence-corrected chi connectivity index (χ3v) is 3.06. The highest BCUT2D eigenvalue weighted by Gasteiger charge is 2.29. The Bertz CT molecular complexity index is 468. The third-order valence-electron chi connectivity index (χ3n) is 3.06. The lowest BCUT2D eigenvalue weighted by Gasteiger charge is -2.30. The van der Waals surface area contributed by atoms with Gasteiger partial charge in [0.15, 0.2) is 0 Å². The molecular weight excluding hydrogens is 230 g/mol. The van der Waals surface area contributed by atoms with Gasteiger partial charge in [0.25, 0.3) is 0 Å². The number of nitrogens with one attached hydrogen (secondary N) is 1. The Labute approximate surface area is 106 Å². The zero-order valence-electron chi connectivity index (χ0n) is 10.8. The number of urea groups is 1. The zero-order valence-corrected chi connectivity index (χ0v) is 10.8. The maximum absolute atomic E-state index is 11.8. The quantitative estimate of drug-likeness (QED) is 0.860. The van der Waals surface area contributed by atoms with Crippen molar-refractivity contribution in [1.82, 2.24) is 5.32 Å². The molecule has 0 bridgehead atoms. The summed E-state index contributed by atoms with van der Waals surface area (Å²) in [6, 6.07) is 7.32.